The highest BCUT2D eigenvalue weighted by Crippen LogP contribution is 2.33. The lowest BCUT2D eigenvalue weighted by Gasteiger charge is -2.13. The van der Waals surface area contributed by atoms with Crippen LogP contribution in [0.2, 0.25) is 0 Å². The number of hydrogen-bond donors (Lipinski definition) is 1. The number of carbonyl (C=O) groups excluding carboxylic acids is 1. The Balaban J connectivity index is 2.41. The van der Waals surface area contributed by atoms with Crippen molar-refractivity contribution < 1.29 is 4.79 Å². The fourth-order valence-electron chi connectivity index (χ4n) is 2.77. The van der Waals surface area contributed by atoms with Crippen molar-refractivity contribution in [2.45, 2.75) is 25.7 Å². The highest BCUT2D eigenvalue weighted by atomic mass is 79.9. The molecule has 4 heteroatoms. The first-order valence-electron chi connectivity index (χ1n) is 5.80. The SMILES string of the molecule is NC(=O)n1c2c(c3cc(Br)ccc31)CCCC2. The molecule has 0 aliphatic heterocycles. The van der Waals surface area contributed by atoms with E-state index in [2.05, 4.69) is 22.0 Å². The summed E-state index contributed by atoms with van der Waals surface area (Å²) in [4.78, 5) is 11.6. The Hall–Kier alpha value is -1.29. The summed E-state index contributed by atoms with van der Waals surface area (Å²) in [5, 5.41) is 1.16. The largest absolute Gasteiger partial charge is 0.351 e. The summed E-state index contributed by atoms with van der Waals surface area (Å²) >= 11 is 3.48. The summed E-state index contributed by atoms with van der Waals surface area (Å²) < 4.78 is 2.72. The van der Waals surface area contributed by atoms with Gasteiger partial charge >= 0.3 is 6.03 Å². The van der Waals surface area contributed by atoms with Crippen molar-refractivity contribution in [2.24, 2.45) is 5.73 Å². The quantitative estimate of drug-likeness (QED) is 0.796. The van der Waals surface area contributed by atoms with Crippen LogP contribution in [0.5, 0.6) is 0 Å². The van der Waals surface area contributed by atoms with Gasteiger partial charge in [-0.1, -0.05) is 15.9 Å². The van der Waals surface area contributed by atoms with Gasteiger partial charge in [0, 0.05) is 15.6 Å². The van der Waals surface area contributed by atoms with Crippen molar-refractivity contribution in [3.8, 4) is 0 Å². The van der Waals surface area contributed by atoms with Crippen LogP contribution in [-0.2, 0) is 12.8 Å². The van der Waals surface area contributed by atoms with E-state index in [0.29, 0.717) is 0 Å². The summed E-state index contributed by atoms with van der Waals surface area (Å²) in [7, 11) is 0. The minimum absolute atomic E-state index is 0.375. The van der Waals surface area contributed by atoms with E-state index in [1.165, 1.54) is 12.0 Å². The van der Waals surface area contributed by atoms with Gasteiger partial charge in [0.05, 0.1) is 5.52 Å². The maximum Gasteiger partial charge on any atom is 0.323 e. The molecule has 0 saturated carbocycles. The molecule has 2 N–H and O–H groups in total. The van der Waals surface area contributed by atoms with Crippen molar-refractivity contribution >= 4 is 32.9 Å². The second kappa shape index (κ2) is 3.88. The summed E-state index contributed by atoms with van der Waals surface area (Å²) in [5.74, 6) is 0. The summed E-state index contributed by atoms with van der Waals surface area (Å²) in [6.07, 6.45) is 4.32. The van der Waals surface area contributed by atoms with Gasteiger partial charge in [-0.25, -0.2) is 4.79 Å². The predicted molar refractivity (Wildman–Crippen MR) is 71.3 cm³/mol. The second-order valence-corrected chi connectivity index (χ2v) is 5.38. The molecular formula is C13H13BrN2O. The zero-order valence-electron chi connectivity index (χ0n) is 9.37. The molecule has 0 radical (unpaired) electrons. The van der Waals surface area contributed by atoms with Gasteiger partial charge in [-0.15, -0.1) is 0 Å². The summed E-state index contributed by atoms with van der Waals surface area (Å²) in [5.41, 5.74) is 8.84. The number of nitrogens with zero attached hydrogens (tertiary/aromatic N) is 1. The van der Waals surface area contributed by atoms with Crippen LogP contribution in [-0.4, -0.2) is 10.6 Å². The maximum atomic E-state index is 11.6. The van der Waals surface area contributed by atoms with Crippen molar-refractivity contribution in [1.29, 1.82) is 0 Å². The minimum atomic E-state index is -0.375. The Morgan fingerprint density at radius 2 is 2.06 bits per heavy atom. The molecule has 1 aliphatic rings. The Bertz CT molecular complexity index is 615. The van der Waals surface area contributed by atoms with Crippen LogP contribution in [0, 0.1) is 0 Å². The van der Waals surface area contributed by atoms with Gasteiger partial charge in [-0.05, 0) is 49.4 Å². The zero-order chi connectivity index (χ0) is 12.0. The lowest BCUT2D eigenvalue weighted by atomic mass is 9.96. The fourth-order valence-corrected chi connectivity index (χ4v) is 3.13. The lowest BCUT2D eigenvalue weighted by molar-refractivity contribution is 0.250. The van der Waals surface area contributed by atoms with E-state index in [9.17, 15) is 4.79 Å². The van der Waals surface area contributed by atoms with Crippen LogP contribution < -0.4 is 5.73 Å². The topological polar surface area (TPSA) is 48.0 Å². The number of fused-ring (bicyclic) bond motifs is 3. The van der Waals surface area contributed by atoms with E-state index in [0.717, 1.165) is 40.3 Å². The molecule has 1 heterocycles. The number of aromatic nitrogens is 1. The third kappa shape index (κ3) is 1.59. The van der Waals surface area contributed by atoms with Crippen molar-refractivity contribution in [2.75, 3.05) is 0 Å². The van der Waals surface area contributed by atoms with E-state index in [1.807, 2.05) is 12.1 Å². The number of hydrogen-bond acceptors (Lipinski definition) is 1. The lowest BCUT2D eigenvalue weighted by Crippen LogP contribution is -2.22. The van der Waals surface area contributed by atoms with Crippen LogP contribution >= 0.6 is 15.9 Å². The van der Waals surface area contributed by atoms with Gasteiger partial charge in [0.15, 0.2) is 0 Å². The fraction of sp³-hybridized carbons (Fsp3) is 0.308. The number of aryl methyl sites for hydroxylation is 1. The van der Waals surface area contributed by atoms with Crippen molar-refractivity contribution in [3.63, 3.8) is 0 Å². The highest BCUT2D eigenvalue weighted by Gasteiger charge is 2.22. The average molecular weight is 293 g/mol. The number of rotatable bonds is 0. The maximum absolute atomic E-state index is 11.6. The third-order valence-corrected chi connectivity index (χ3v) is 3.95. The second-order valence-electron chi connectivity index (χ2n) is 4.47. The van der Waals surface area contributed by atoms with Gasteiger partial charge < -0.3 is 5.73 Å². The van der Waals surface area contributed by atoms with Crippen LogP contribution in [0.1, 0.15) is 24.1 Å². The van der Waals surface area contributed by atoms with E-state index < -0.39 is 0 Å². The summed E-state index contributed by atoms with van der Waals surface area (Å²) in [6, 6.07) is 5.62. The smallest absolute Gasteiger partial charge is 0.323 e. The van der Waals surface area contributed by atoms with Crippen LogP contribution in [0.25, 0.3) is 10.9 Å². The third-order valence-electron chi connectivity index (χ3n) is 3.45. The molecule has 3 rings (SSSR count). The van der Waals surface area contributed by atoms with Crippen LogP contribution in [0.3, 0.4) is 0 Å². The molecule has 0 unspecified atom stereocenters. The minimum Gasteiger partial charge on any atom is -0.351 e. The van der Waals surface area contributed by atoms with Crippen molar-refractivity contribution in [1.82, 2.24) is 4.57 Å². The number of benzene rings is 1. The van der Waals surface area contributed by atoms with Gasteiger partial charge in [0.1, 0.15) is 0 Å². The monoisotopic (exact) mass is 292 g/mol. The Morgan fingerprint density at radius 3 is 2.82 bits per heavy atom. The first-order valence-corrected chi connectivity index (χ1v) is 6.59. The summed E-state index contributed by atoms with van der Waals surface area (Å²) in [6.45, 7) is 0. The van der Waals surface area contributed by atoms with Gasteiger partial charge in [0.25, 0.3) is 0 Å². The van der Waals surface area contributed by atoms with E-state index in [4.69, 9.17) is 5.73 Å². The van der Waals surface area contributed by atoms with E-state index in [-0.39, 0.29) is 6.03 Å². The molecule has 1 amide bonds. The first kappa shape index (κ1) is 10.8. The van der Waals surface area contributed by atoms with Gasteiger partial charge in [0.2, 0.25) is 0 Å². The molecule has 0 fully saturated rings. The molecule has 2 aromatic rings. The predicted octanol–water partition coefficient (Wildman–Crippen LogP) is 3.21. The molecule has 0 bridgehead atoms. The highest BCUT2D eigenvalue weighted by molar-refractivity contribution is 9.10. The molecule has 1 aliphatic carbocycles. The standard InChI is InChI=1S/C13H13BrN2O/c14-8-5-6-12-10(7-8)9-3-1-2-4-11(9)16(12)13(15)17/h5-7H,1-4H2,(H2,15,17). The molecule has 1 aromatic heterocycles. The Labute approximate surface area is 108 Å². The average Bonchev–Trinajstić information content (AvgIpc) is 2.63. The van der Waals surface area contributed by atoms with Crippen LogP contribution in [0.15, 0.2) is 22.7 Å². The first-order chi connectivity index (χ1) is 8.18. The van der Waals surface area contributed by atoms with Crippen LogP contribution in [0.4, 0.5) is 4.79 Å². The molecule has 17 heavy (non-hydrogen) atoms. The van der Waals surface area contributed by atoms with Gasteiger partial charge in [-0.3, -0.25) is 4.57 Å². The molecule has 0 saturated heterocycles. The molecule has 0 spiro atoms. The molecular weight excluding hydrogens is 280 g/mol. The molecule has 3 nitrogen and oxygen atoms in total. The molecule has 1 aromatic carbocycles. The number of halogens is 1. The van der Waals surface area contributed by atoms with Crippen molar-refractivity contribution in [3.05, 3.63) is 33.9 Å². The number of amides is 1. The normalized spacial score (nSPS) is 14.9. The van der Waals surface area contributed by atoms with Gasteiger partial charge in [-0.2, -0.15) is 0 Å². The van der Waals surface area contributed by atoms with E-state index >= 15 is 0 Å². The van der Waals surface area contributed by atoms with E-state index in [1.54, 1.807) is 4.57 Å². The Kier molecular flexibility index (Phi) is 2.47. The molecule has 0 atom stereocenters. The number of primary amides is 1. The molecule has 88 valence electrons. The Morgan fingerprint density at radius 1 is 1.29 bits per heavy atom. The number of nitrogens with two attached hydrogens (primary N) is 1. The zero-order valence-corrected chi connectivity index (χ0v) is 11.0. The number of carbonyl (C=O) groups is 1.